The van der Waals surface area contributed by atoms with Crippen LogP contribution >= 0.6 is 0 Å². The quantitative estimate of drug-likeness (QED) is 0.402. The number of carbonyl (C=O) groups excluding carboxylic acids is 2. The van der Waals surface area contributed by atoms with Gasteiger partial charge in [0.2, 0.25) is 11.8 Å². The summed E-state index contributed by atoms with van der Waals surface area (Å²) in [5.74, 6) is -0.833. The molecule has 4 atom stereocenters. The Morgan fingerprint density at radius 3 is 2.49 bits per heavy atom. The Morgan fingerprint density at radius 2 is 1.86 bits per heavy atom. The summed E-state index contributed by atoms with van der Waals surface area (Å²) < 4.78 is 11.7. The molecule has 1 aliphatic carbocycles. The molecule has 1 heterocycles. The number of fused-ring (bicyclic) bond motifs is 3. The average Bonchev–Trinajstić information content (AvgIpc) is 3.30. The fourth-order valence-corrected chi connectivity index (χ4v) is 5.06. The smallest absolute Gasteiger partial charge is 0.247 e. The Bertz CT molecular complexity index is 1160. The number of amides is 2. The third-order valence-corrected chi connectivity index (χ3v) is 6.83. The molecule has 4 unspecified atom stereocenters. The second-order valence-corrected chi connectivity index (χ2v) is 9.62. The molecule has 9 heteroatoms. The molecule has 1 aliphatic heterocycles. The lowest BCUT2D eigenvalue weighted by atomic mass is 9.77. The first-order valence-corrected chi connectivity index (χ1v) is 12.4. The van der Waals surface area contributed by atoms with Crippen molar-refractivity contribution in [2.24, 2.45) is 5.92 Å². The second kappa shape index (κ2) is 11.3. The van der Waals surface area contributed by atoms with E-state index in [2.05, 4.69) is 5.32 Å². The van der Waals surface area contributed by atoms with Gasteiger partial charge in [0.1, 0.15) is 12.2 Å². The summed E-state index contributed by atoms with van der Waals surface area (Å²) in [6.07, 6.45) is -0.389. The van der Waals surface area contributed by atoms with Gasteiger partial charge in [0.25, 0.3) is 0 Å². The zero-order valence-corrected chi connectivity index (χ0v) is 21.3. The Kier molecular flexibility index (Phi) is 8.16. The van der Waals surface area contributed by atoms with Crippen molar-refractivity contribution in [2.45, 2.75) is 51.2 Å². The molecule has 198 valence electrons. The molecule has 0 spiro atoms. The first kappa shape index (κ1) is 26.7. The normalized spacial score (nSPS) is 22.0. The molecule has 2 aromatic carbocycles. The van der Waals surface area contributed by atoms with Crippen molar-refractivity contribution < 1.29 is 34.4 Å². The molecule has 0 aromatic heterocycles. The van der Waals surface area contributed by atoms with Gasteiger partial charge in [-0.1, -0.05) is 44.2 Å². The van der Waals surface area contributed by atoms with Crippen molar-refractivity contribution in [2.75, 3.05) is 20.3 Å². The lowest BCUT2D eigenvalue weighted by molar-refractivity contribution is -0.141. The van der Waals surface area contributed by atoms with Crippen LogP contribution in [-0.2, 0) is 22.7 Å². The van der Waals surface area contributed by atoms with Gasteiger partial charge >= 0.3 is 0 Å². The number of nitrogens with zero attached hydrogens (tertiary/aromatic N) is 1. The fraction of sp³-hybridized carbons (Fsp3) is 0.429. The van der Waals surface area contributed by atoms with Gasteiger partial charge in [-0.2, -0.15) is 0 Å². The van der Waals surface area contributed by atoms with Gasteiger partial charge in [-0.15, -0.1) is 0 Å². The molecule has 37 heavy (non-hydrogen) atoms. The molecular weight excluding hydrogens is 476 g/mol. The van der Waals surface area contributed by atoms with Crippen LogP contribution in [0.25, 0.3) is 0 Å². The molecule has 2 aromatic rings. The van der Waals surface area contributed by atoms with Gasteiger partial charge in [0.15, 0.2) is 11.5 Å². The summed E-state index contributed by atoms with van der Waals surface area (Å²) in [6.45, 7) is 3.40. The number of aliphatic hydroxyl groups is 3. The molecule has 0 saturated carbocycles. The number of ether oxygens (including phenoxy) is 2. The SMILES string of the molecule is COc1cc(CO)cc2c1OC1C2C(C(=O)NCCO)=CC(N(Cc2ccccc2)C(=O)C(C)C)C1O. The van der Waals surface area contributed by atoms with E-state index in [1.165, 1.54) is 7.11 Å². The van der Waals surface area contributed by atoms with Crippen LogP contribution in [0.3, 0.4) is 0 Å². The van der Waals surface area contributed by atoms with Crippen molar-refractivity contribution in [3.8, 4) is 11.5 Å². The van der Waals surface area contributed by atoms with Crippen molar-refractivity contribution in [3.63, 3.8) is 0 Å². The highest BCUT2D eigenvalue weighted by atomic mass is 16.5. The molecule has 2 amide bonds. The van der Waals surface area contributed by atoms with Crippen LogP contribution in [0.15, 0.2) is 54.1 Å². The minimum atomic E-state index is -1.15. The highest BCUT2D eigenvalue weighted by Crippen LogP contribution is 2.51. The van der Waals surface area contributed by atoms with Gasteiger partial charge in [0, 0.05) is 30.1 Å². The molecule has 0 bridgehead atoms. The lowest BCUT2D eigenvalue weighted by Crippen LogP contribution is -2.56. The molecule has 0 radical (unpaired) electrons. The summed E-state index contributed by atoms with van der Waals surface area (Å²) in [4.78, 5) is 28.3. The first-order chi connectivity index (χ1) is 17.8. The summed E-state index contributed by atoms with van der Waals surface area (Å²) in [7, 11) is 1.48. The van der Waals surface area contributed by atoms with Gasteiger partial charge in [-0.3, -0.25) is 9.59 Å². The summed E-state index contributed by atoms with van der Waals surface area (Å²) >= 11 is 0. The molecule has 2 aliphatic rings. The molecule has 0 saturated heterocycles. The maximum atomic E-state index is 13.4. The van der Waals surface area contributed by atoms with Crippen LogP contribution in [0, 0.1) is 5.92 Å². The highest BCUT2D eigenvalue weighted by molar-refractivity contribution is 5.96. The van der Waals surface area contributed by atoms with E-state index in [4.69, 9.17) is 9.47 Å². The monoisotopic (exact) mass is 510 g/mol. The van der Waals surface area contributed by atoms with Crippen LogP contribution in [0.4, 0.5) is 0 Å². The second-order valence-electron chi connectivity index (χ2n) is 9.62. The molecule has 4 N–H and O–H groups in total. The predicted octanol–water partition coefficient (Wildman–Crippen LogP) is 1.49. The third kappa shape index (κ3) is 5.20. The molecule has 0 fully saturated rings. The van der Waals surface area contributed by atoms with E-state index in [1.807, 2.05) is 30.3 Å². The Labute approximate surface area is 216 Å². The van der Waals surface area contributed by atoms with Crippen LogP contribution in [-0.4, -0.2) is 70.5 Å². The topological polar surface area (TPSA) is 129 Å². The van der Waals surface area contributed by atoms with Crippen molar-refractivity contribution in [1.82, 2.24) is 10.2 Å². The average molecular weight is 511 g/mol. The predicted molar refractivity (Wildman–Crippen MR) is 136 cm³/mol. The van der Waals surface area contributed by atoms with E-state index >= 15 is 0 Å². The number of carbonyl (C=O) groups is 2. The van der Waals surface area contributed by atoms with E-state index < -0.39 is 30.1 Å². The van der Waals surface area contributed by atoms with Gasteiger partial charge in [-0.05, 0) is 29.3 Å². The van der Waals surface area contributed by atoms with Crippen LogP contribution in [0.2, 0.25) is 0 Å². The van der Waals surface area contributed by atoms with Gasteiger partial charge < -0.3 is 35.0 Å². The Hall–Kier alpha value is -3.40. The maximum Gasteiger partial charge on any atom is 0.247 e. The number of hydrogen-bond acceptors (Lipinski definition) is 7. The highest BCUT2D eigenvalue weighted by Gasteiger charge is 2.51. The number of benzene rings is 2. The van der Waals surface area contributed by atoms with Gasteiger partial charge in [-0.25, -0.2) is 0 Å². The van der Waals surface area contributed by atoms with E-state index in [0.717, 1.165) is 5.56 Å². The summed E-state index contributed by atoms with van der Waals surface area (Å²) in [5, 5.41) is 33.4. The minimum Gasteiger partial charge on any atom is -0.493 e. The minimum absolute atomic E-state index is 0.0488. The number of methoxy groups -OCH3 is 1. The number of rotatable bonds is 9. The number of nitrogens with one attached hydrogen (secondary N) is 1. The third-order valence-electron chi connectivity index (χ3n) is 6.83. The number of hydrogen-bond donors (Lipinski definition) is 4. The van der Waals surface area contributed by atoms with E-state index in [9.17, 15) is 24.9 Å². The molecule has 9 nitrogen and oxygen atoms in total. The molecule has 4 rings (SSSR count). The van der Waals surface area contributed by atoms with Crippen LogP contribution in [0.1, 0.15) is 36.5 Å². The van der Waals surface area contributed by atoms with Crippen molar-refractivity contribution in [3.05, 3.63) is 70.8 Å². The Morgan fingerprint density at radius 1 is 1.14 bits per heavy atom. The van der Waals surface area contributed by atoms with Crippen LogP contribution < -0.4 is 14.8 Å². The summed E-state index contributed by atoms with van der Waals surface area (Å²) in [6, 6.07) is 12.0. The number of aliphatic hydroxyl groups excluding tert-OH is 3. The van der Waals surface area contributed by atoms with Crippen LogP contribution in [0.5, 0.6) is 11.5 Å². The van der Waals surface area contributed by atoms with E-state index in [-0.39, 0.29) is 38.1 Å². The Balaban J connectivity index is 1.82. The first-order valence-electron chi connectivity index (χ1n) is 12.4. The van der Waals surface area contributed by atoms with Crippen molar-refractivity contribution in [1.29, 1.82) is 0 Å². The van der Waals surface area contributed by atoms with E-state index in [1.54, 1.807) is 37.0 Å². The standard InChI is InChI=1S/C28H34N2O7/c1-16(2)28(35)30(14-17-7-5-4-6-8-17)21-13-20(27(34)29-9-10-31)23-19-11-18(15-32)12-22(36-3)25(19)37-26(23)24(21)33/h4-8,11-13,16,21,23-24,26,31-33H,9-10,14-15H2,1-3H3,(H,29,34). The summed E-state index contributed by atoms with van der Waals surface area (Å²) in [5.41, 5.74) is 2.39. The lowest BCUT2D eigenvalue weighted by Gasteiger charge is -2.41. The molecular formula is C28H34N2O7. The zero-order valence-electron chi connectivity index (χ0n) is 21.3. The van der Waals surface area contributed by atoms with E-state index in [0.29, 0.717) is 28.2 Å². The van der Waals surface area contributed by atoms with Gasteiger partial charge in [0.05, 0.1) is 32.3 Å². The largest absolute Gasteiger partial charge is 0.493 e. The fourth-order valence-electron chi connectivity index (χ4n) is 5.06. The zero-order chi connectivity index (χ0) is 26.7. The van der Waals surface area contributed by atoms with Crippen molar-refractivity contribution >= 4 is 11.8 Å². The maximum absolute atomic E-state index is 13.4.